The third kappa shape index (κ3) is 12.7. The molecule has 2 aliphatic rings. The minimum Gasteiger partial charge on any atom is -0.481 e. The normalized spacial score (nSPS) is 28.4. The van der Waals surface area contributed by atoms with Crippen molar-refractivity contribution >= 4 is 23.9 Å². The van der Waals surface area contributed by atoms with Gasteiger partial charge in [0.15, 0.2) is 5.79 Å². The van der Waals surface area contributed by atoms with E-state index in [2.05, 4.69) is 13.8 Å². The lowest BCUT2D eigenvalue weighted by atomic mass is 9.83. The molecule has 1 spiro atoms. The average Bonchev–Trinajstić information content (AvgIpc) is 2.93. The van der Waals surface area contributed by atoms with Gasteiger partial charge in [0.05, 0.1) is 25.0 Å². The molecule has 3 N–H and O–H groups in total. The summed E-state index contributed by atoms with van der Waals surface area (Å²) in [7, 11) is 0. The second-order valence-electron chi connectivity index (χ2n) is 11.7. The van der Waals surface area contributed by atoms with E-state index in [-0.39, 0.29) is 31.0 Å². The van der Waals surface area contributed by atoms with Crippen molar-refractivity contribution < 1.29 is 48.7 Å². The Balaban J connectivity index is 2.10. The highest BCUT2D eigenvalue weighted by Crippen LogP contribution is 2.43. The summed E-state index contributed by atoms with van der Waals surface area (Å²) in [5.41, 5.74) is 1.54. The molecule has 0 bridgehead atoms. The number of ether oxygens (including phenoxy) is 3. The molecular weight excluding hydrogens is 556 g/mol. The highest BCUT2D eigenvalue weighted by molar-refractivity contribution is 5.81. The molecule has 7 atom stereocenters. The van der Waals surface area contributed by atoms with Crippen LogP contribution >= 0.6 is 0 Å². The number of hydrogen-bond acceptors (Lipinski definition) is 7. The van der Waals surface area contributed by atoms with E-state index >= 15 is 0 Å². The van der Waals surface area contributed by atoms with Crippen LogP contribution in [0.15, 0.2) is 59.8 Å². The minimum absolute atomic E-state index is 0.0779. The molecule has 2 rings (SSSR count). The number of rotatable bonds is 14. The lowest BCUT2D eigenvalue weighted by Crippen LogP contribution is -2.51. The van der Waals surface area contributed by atoms with Crippen LogP contribution in [0.2, 0.25) is 0 Å². The first kappa shape index (κ1) is 35.7. The molecule has 0 aromatic rings. The molecule has 0 amide bonds. The Morgan fingerprint density at radius 1 is 0.884 bits per heavy atom. The topological polar surface area (TPSA) is 157 Å². The van der Waals surface area contributed by atoms with Gasteiger partial charge in [-0.25, -0.2) is 9.59 Å². The van der Waals surface area contributed by atoms with Crippen LogP contribution in [0.3, 0.4) is 0 Å². The number of esters is 1. The van der Waals surface area contributed by atoms with Gasteiger partial charge in [-0.3, -0.25) is 9.59 Å². The Kier molecular flexibility index (Phi) is 14.1. The Hall–Kier alpha value is -3.50. The van der Waals surface area contributed by atoms with Crippen LogP contribution in [-0.4, -0.2) is 63.3 Å². The summed E-state index contributed by atoms with van der Waals surface area (Å²) >= 11 is 0. The SMILES string of the molecule is CC(/C=C/[C@H](OC(=O)CCC(=O)O)[C@@H](C)/C=C/C(=O)O)=C\C[C@H]1O[C@@]2(CC[C@H](C)[C@H](/C=C/C(C)=C/C(=O)O)O2)CC[C@@H]1C. The molecule has 2 fully saturated rings. The number of allylic oxidation sites excluding steroid dienone is 4. The molecule has 2 aliphatic heterocycles. The van der Waals surface area contributed by atoms with Crippen molar-refractivity contribution in [3.05, 3.63) is 59.8 Å². The zero-order chi connectivity index (χ0) is 32.2. The third-order valence-corrected chi connectivity index (χ3v) is 7.87. The van der Waals surface area contributed by atoms with Gasteiger partial charge in [0.2, 0.25) is 0 Å². The maximum absolute atomic E-state index is 12.2. The van der Waals surface area contributed by atoms with Crippen LogP contribution in [0, 0.1) is 17.8 Å². The summed E-state index contributed by atoms with van der Waals surface area (Å²) in [6.07, 6.45) is 15.2. The zero-order valence-corrected chi connectivity index (χ0v) is 25.7. The van der Waals surface area contributed by atoms with E-state index in [4.69, 9.17) is 29.5 Å². The van der Waals surface area contributed by atoms with E-state index < -0.39 is 41.7 Å². The van der Waals surface area contributed by atoms with Crippen LogP contribution in [0.4, 0.5) is 0 Å². The van der Waals surface area contributed by atoms with E-state index in [1.165, 1.54) is 6.08 Å². The molecule has 238 valence electrons. The molecule has 0 radical (unpaired) electrons. The van der Waals surface area contributed by atoms with Crippen LogP contribution in [0.5, 0.6) is 0 Å². The summed E-state index contributed by atoms with van der Waals surface area (Å²) in [5.74, 6) is -4.45. The number of carboxylic acids is 3. The van der Waals surface area contributed by atoms with Gasteiger partial charge in [-0.15, -0.1) is 0 Å². The number of aliphatic carboxylic acids is 3. The van der Waals surface area contributed by atoms with Crippen molar-refractivity contribution in [2.45, 2.75) is 104 Å². The summed E-state index contributed by atoms with van der Waals surface area (Å²) in [6.45, 7) is 9.64. The molecule has 0 aromatic heterocycles. The zero-order valence-electron chi connectivity index (χ0n) is 25.7. The van der Waals surface area contributed by atoms with Crippen LogP contribution in [0.1, 0.15) is 79.6 Å². The Bertz CT molecular complexity index is 1140. The first-order valence-electron chi connectivity index (χ1n) is 14.8. The maximum atomic E-state index is 12.2. The summed E-state index contributed by atoms with van der Waals surface area (Å²) in [5, 5.41) is 26.8. The van der Waals surface area contributed by atoms with Crippen LogP contribution in [-0.2, 0) is 33.4 Å². The van der Waals surface area contributed by atoms with Gasteiger partial charge in [0.1, 0.15) is 6.10 Å². The van der Waals surface area contributed by atoms with E-state index in [1.54, 1.807) is 32.1 Å². The summed E-state index contributed by atoms with van der Waals surface area (Å²) < 4.78 is 18.6. The Morgan fingerprint density at radius 2 is 1.56 bits per heavy atom. The van der Waals surface area contributed by atoms with E-state index in [9.17, 15) is 19.2 Å². The van der Waals surface area contributed by atoms with Gasteiger partial charge in [0, 0.05) is 30.9 Å². The summed E-state index contributed by atoms with van der Waals surface area (Å²) in [6, 6.07) is 0. The molecule has 2 saturated heterocycles. The van der Waals surface area contributed by atoms with E-state index in [0.717, 1.165) is 43.4 Å². The first-order valence-corrected chi connectivity index (χ1v) is 14.8. The maximum Gasteiger partial charge on any atom is 0.328 e. The van der Waals surface area contributed by atoms with Gasteiger partial charge in [-0.1, -0.05) is 56.7 Å². The first-order chi connectivity index (χ1) is 20.2. The van der Waals surface area contributed by atoms with Gasteiger partial charge in [-0.2, -0.15) is 0 Å². The van der Waals surface area contributed by atoms with E-state index in [0.29, 0.717) is 17.9 Å². The molecule has 0 aliphatic carbocycles. The van der Waals surface area contributed by atoms with Crippen molar-refractivity contribution in [3.63, 3.8) is 0 Å². The lowest BCUT2D eigenvalue weighted by Gasteiger charge is -2.49. The second kappa shape index (κ2) is 17.0. The quantitative estimate of drug-likeness (QED) is 0.125. The fourth-order valence-electron chi connectivity index (χ4n) is 5.09. The van der Waals surface area contributed by atoms with Gasteiger partial charge < -0.3 is 29.5 Å². The van der Waals surface area contributed by atoms with Crippen molar-refractivity contribution in [1.29, 1.82) is 0 Å². The Morgan fingerprint density at radius 3 is 2.19 bits per heavy atom. The number of hydrogen-bond donors (Lipinski definition) is 3. The minimum atomic E-state index is -1.12. The molecule has 43 heavy (non-hydrogen) atoms. The molecule has 10 nitrogen and oxygen atoms in total. The van der Waals surface area contributed by atoms with Crippen LogP contribution in [0.25, 0.3) is 0 Å². The molecule has 0 aromatic carbocycles. The molecule has 2 heterocycles. The monoisotopic (exact) mass is 602 g/mol. The van der Waals surface area contributed by atoms with Crippen molar-refractivity contribution in [2.24, 2.45) is 17.8 Å². The molecule has 0 saturated carbocycles. The molecule has 0 unspecified atom stereocenters. The third-order valence-electron chi connectivity index (χ3n) is 7.87. The molecule has 10 heteroatoms. The lowest BCUT2D eigenvalue weighted by molar-refractivity contribution is -0.323. The standard InChI is InChI=1S/C33H46O10/c1-21(6-10-26(23(3)9-13-29(34)35)41-32(40)15-14-30(36)37)7-11-27-24(4)16-18-33(42-27)19-17-25(5)28(43-33)12-8-22(2)20-31(38)39/h6-10,12-13,20,23-28H,11,14-19H2,1-5H3,(H,34,35)(H,36,37)(H,38,39)/b10-6+,12-8+,13-9+,21-7+,22-20+/t23-,24-,25-,26-,27+,28-,33-/m0/s1. The predicted octanol–water partition coefficient (Wildman–Crippen LogP) is 5.85. The fourth-order valence-corrected chi connectivity index (χ4v) is 5.09. The van der Waals surface area contributed by atoms with Crippen LogP contribution < -0.4 is 0 Å². The van der Waals surface area contributed by atoms with Crippen molar-refractivity contribution in [1.82, 2.24) is 0 Å². The Labute approximate surface area is 253 Å². The average molecular weight is 603 g/mol. The number of carboxylic acid groups (broad SMARTS) is 3. The number of carbonyl (C=O) groups excluding carboxylic acids is 1. The largest absolute Gasteiger partial charge is 0.481 e. The predicted molar refractivity (Wildman–Crippen MR) is 160 cm³/mol. The van der Waals surface area contributed by atoms with Crippen molar-refractivity contribution in [2.75, 3.05) is 0 Å². The fraction of sp³-hybridized carbons (Fsp3) is 0.576. The summed E-state index contributed by atoms with van der Waals surface area (Å²) in [4.78, 5) is 44.9. The second-order valence-corrected chi connectivity index (χ2v) is 11.7. The van der Waals surface area contributed by atoms with Crippen molar-refractivity contribution in [3.8, 4) is 0 Å². The highest BCUT2D eigenvalue weighted by atomic mass is 16.7. The van der Waals surface area contributed by atoms with Gasteiger partial charge >= 0.3 is 23.9 Å². The smallest absolute Gasteiger partial charge is 0.328 e. The van der Waals surface area contributed by atoms with E-state index in [1.807, 2.05) is 19.1 Å². The molecular formula is C33H46O10. The number of carbonyl (C=O) groups is 4. The van der Waals surface area contributed by atoms with Gasteiger partial charge in [0.25, 0.3) is 0 Å². The highest BCUT2D eigenvalue weighted by Gasteiger charge is 2.45. The van der Waals surface area contributed by atoms with Gasteiger partial charge in [-0.05, 0) is 56.6 Å².